The van der Waals surface area contributed by atoms with Gasteiger partial charge in [0, 0.05) is 23.5 Å². The van der Waals surface area contributed by atoms with Crippen LogP contribution in [0.25, 0.3) is 11.1 Å². The average Bonchev–Trinajstić information content (AvgIpc) is 2.77. The number of likely N-dealkylation sites (tertiary alicyclic amines) is 1. The monoisotopic (exact) mass is 459 g/mol. The first-order valence-corrected chi connectivity index (χ1v) is 11.9. The maximum atomic E-state index is 12.2. The first-order valence-electron chi connectivity index (χ1n) is 10.9. The van der Waals surface area contributed by atoms with Gasteiger partial charge in [-0.25, -0.2) is 4.79 Å². The summed E-state index contributed by atoms with van der Waals surface area (Å²) >= 11 is -2.71. The summed E-state index contributed by atoms with van der Waals surface area (Å²) in [5.41, 5.74) is 2.22. The van der Waals surface area contributed by atoms with E-state index in [0.717, 1.165) is 40.8 Å². The average molecular weight is 460 g/mol. The summed E-state index contributed by atoms with van der Waals surface area (Å²) in [6.07, 6.45) is 1.31. The Kier molecular flexibility index (Phi) is 8.28. The standard InChI is InChI=1S/C24H32N2O5S/c1-17(2)16-25-14-12-20(13-15-25)23(24(27)28)26(32(29)30)21-8-4-18(5-9-21)19-6-10-22(31-3)11-7-19/h4-11,17,20,23H,12-16H2,1-3H3,(H,27,28)(H,29,30)/p-1. The van der Waals surface area contributed by atoms with Crippen LogP contribution in [0.1, 0.15) is 26.7 Å². The third-order valence-corrected chi connectivity index (χ3v) is 6.67. The van der Waals surface area contributed by atoms with Crippen LogP contribution >= 0.6 is 0 Å². The highest BCUT2D eigenvalue weighted by Gasteiger charge is 2.37. The molecular formula is C24H31N2O5S-. The number of piperidine rings is 1. The Morgan fingerprint density at radius 2 is 1.66 bits per heavy atom. The molecule has 1 heterocycles. The smallest absolute Gasteiger partial charge is 0.327 e. The van der Waals surface area contributed by atoms with Gasteiger partial charge >= 0.3 is 5.97 Å². The number of anilines is 1. The van der Waals surface area contributed by atoms with Crippen LogP contribution in [0.3, 0.4) is 0 Å². The highest BCUT2D eigenvalue weighted by atomic mass is 32.2. The van der Waals surface area contributed by atoms with E-state index in [2.05, 4.69) is 18.7 Å². The van der Waals surface area contributed by atoms with Crippen molar-refractivity contribution in [1.29, 1.82) is 0 Å². The number of aliphatic carboxylic acids is 1. The third kappa shape index (κ3) is 5.88. The van der Waals surface area contributed by atoms with Crippen molar-refractivity contribution in [2.45, 2.75) is 32.7 Å². The zero-order valence-corrected chi connectivity index (χ0v) is 19.6. The summed E-state index contributed by atoms with van der Waals surface area (Å²) in [6, 6.07) is 13.4. The molecule has 7 nitrogen and oxygen atoms in total. The number of nitrogens with zero attached hydrogens (tertiary/aromatic N) is 2. The van der Waals surface area contributed by atoms with Gasteiger partial charge in [-0.1, -0.05) is 38.1 Å². The summed E-state index contributed by atoms with van der Waals surface area (Å²) in [7, 11) is 1.61. The van der Waals surface area contributed by atoms with Gasteiger partial charge in [-0.2, -0.15) is 0 Å². The fourth-order valence-corrected chi connectivity index (χ4v) is 5.13. The lowest BCUT2D eigenvalue weighted by Crippen LogP contribution is -2.51. The zero-order valence-electron chi connectivity index (χ0n) is 18.8. The molecule has 0 aliphatic carbocycles. The van der Waals surface area contributed by atoms with Crippen molar-refractivity contribution < 1.29 is 23.4 Å². The molecule has 0 radical (unpaired) electrons. The van der Waals surface area contributed by atoms with Crippen LogP contribution in [0, 0.1) is 11.8 Å². The minimum Gasteiger partial charge on any atom is -0.755 e. The lowest BCUT2D eigenvalue weighted by Gasteiger charge is -2.40. The molecule has 1 aliphatic rings. The Morgan fingerprint density at radius 1 is 1.12 bits per heavy atom. The zero-order chi connectivity index (χ0) is 23.3. The molecule has 174 valence electrons. The van der Waals surface area contributed by atoms with Gasteiger partial charge in [0.05, 0.1) is 7.11 Å². The van der Waals surface area contributed by atoms with E-state index in [-0.39, 0.29) is 5.92 Å². The van der Waals surface area contributed by atoms with E-state index in [9.17, 15) is 18.7 Å². The number of methoxy groups -OCH3 is 1. The SMILES string of the molecule is COc1ccc(-c2ccc(N(C(C(=O)O)C3CCN(CC(C)C)CC3)S(=O)[O-])cc2)cc1. The first-order chi connectivity index (χ1) is 15.3. The number of carbonyl (C=O) groups is 1. The van der Waals surface area contributed by atoms with Crippen molar-refractivity contribution in [2.24, 2.45) is 11.8 Å². The van der Waals surface area contributed by atoms with E-state index < -0.39 is 23.3 Å². The number of ether oxygens (including phenoxy) is 1. The Bertz CT molecular complexity index is 909. The minimum atomic E-state index is -2.71. The molecule has 3 rings (SSSR count). The molecular weight excluding hydrogens is 428 g/mol. The van der Waals surface area contributed by atoms with Gasteiger partial charge < -0.3 is 19.3 Å². The molecule has 32 heavy (non-hydrogen) atoms. The van der Waals surface area contributed by atoms with E-state index in [1.807, 2.05) is 24.3 Å². The summed E-state index contributed by atoms with van der Waals surface area (Å²) in [4.78, 5) is 14.5. The van der Waals surface area contributed by atoms with Crippen LogP contribution in [0.2, 0.25) is 0 Å². The number of carboxylic acid groups (broad SMARTS) is 1. The van der Waals surface area contributed by atoms with Crippen LogP contribution < -0.4 is 9.04 Å². The number of hydrogen-bond acceptors (Lipinski definition) is 5. The fourth-order valence-electron chi connectivity index (χ4n) is 4.38. The molecule has 2 unspecified atom stereocenters. The molecule has 0 spiro atoms. The predicted molar refractivity (Wildman–Crippen MR) is 125 cm³/mol. The van der Waals surface area contributed by atoms with Gasteiger partial charge in [0.1, 0.15) is 11.8 Å². The summed E-state index contributed by atoms with van der Waals surface area (Å²) in [5, 5.41) is 9.96. The second-order valence-electron chi connectivity index (χ2n) is 8.63. The van der Waals surface area contributed by atoms with Crippen LogP contribution in [-0.4, -0.2) is 57.5 Å². The van der Waals surface area contributed by atoms with Gasteiger partial charge in [0.25, 0.3) is 0 Å². The largest absolute Gasteiger partial charge is 0.755 e. The van der Waals surface area contributed by atoms with Crippen LogP contribution in [0.15, 0.2) is 48.5 Å². The van der Waals surface area contributed by atoms with Gasteiger partial charge in [0.15, 0.2) is 0 Å². The third-order valence-electron chi connectivity index (χ3n) is 5.91. The van der Waals surface area contributed by atoms with Gasteiger partial charge in [-0.15, -0.1) is 0 Å². The molecule has 0 aromatic heterocycles. The highest BCUT2D eigenvalue weighted by molar-refractivity contribution is 7.80. The maximum absolute atomic E-state index is 12.2. The molecule has 2 aromatic rings. The first kappa shape index (κ1) is 24.2. The number of carboxylic acids is 1. The Hall–Kier alpha value is -2.42. The Labute approximate surface area is 192 Å². The molecule has 8 heteroatoms. The van der Waals surface area contributed by atoms with E-state index in [1.165, 1.54) is 0 Å². The summed E-state index contributed by atoms with van der Waals surface area (Å²) in [6.45, 7) is 6.84. The van der Waals surface area contributed by atoms with Crippen molar-refractivity contribution in [3.05, 3.63) is 48.5 Å². The second-order valence-corrected chi connectivity index (χ2v) is 9.46. The highest BCUT2D eigenvalue weighted by Crippen LogP contribution is 2.31. The number of benzene rings is 2. The van der Waals surface area contributed by atoms with Crippen molar-refractivity contribution in [3.8, 4) is 16.9 Å². The fraction of sp³-hybridized carbons (Fsp3) is 0.458. The summed E-state index contributed by atoms with van der Waals surface area (Å²) < 4.78 is 30.5. The van der Waals surface area contributed by atoms with Gasteiger partial charge in [-0.3, -0.25) is 8.51 Å². The molecule has 1 saturated heterocycles. The minimum absolute atomic E-state index is 0.241. The topological polar surface area (TPSA) is 93.1 Å². The molecule has 2 aromatic carbocycles. The summed E-state index contributed by atoms with van der Waals surface area (Å²) in [5.74, 6) is -0.0652. The maximum Gasteiger partial charge on any atom is 0.327 e. The van der Waals surface area contributed by atoms with Crippen molar-refractivity contribution in [1.82, 2.24) is 4.90 Å². The molecule has 2 atom stereocenters. The molecule has 0 saturated carbocycles. The molecule has 1 fully saturated rings. The van der Waals surface area contributed by atoms with E-state index in [0.29, 0.717) is 24.4 Å². The van der Waals surface area contributed by atoms with Crippen molar-refractivity contribution >= 4 is 22.9 Å². The predicted octanol–water partition coefficient (Wildman–Crippen LogP) is 3.78. The van der Waals surface area contributed by atoms with E-state index in [1.54, 1.807) is 31.4 Å². The second kappa shape index (κ2) is 10.9. The van der Waals surface area contributed by atoms with Crippen molar-refractivity contribution in [3.63, 3.8) is 0 Å². The quantitative estimate of drug-likeness (QED) is 0.574. The van der Waals surface area contributed by atoms with Gasteiger partial charge in [-0.05, 0) is 73.2 Å². The number of hydrogen-bond donors (Lipinski definition) is 1. The lowest BCUT2D eigenvalue weighted by molar-refractivity contribution is -0.140. The Balaban J connectivity index is 1.80. The molecule has 0 amide bonds. The van der Waals surface area contributed by atoms with Crippen LogP contribution in [0.4, 0.5) is 5.69 Å². The van der Waals surface area contributed by atoms with Crippen molar-refractivity contribution in [2.75, 3.05) is 31.0 Å². The lowest BCUT2D eigenvalue weighted by atomic mass is 9.88. The van der Waals surface area contributed by atoms with E-state index in [4.69, 9.17) is 4.74 Å². The molecule has 0 bridgehead atoms. The van der Waals surface area contributed by atoms with Gasteiger partial charge in [0.2, 0.25) is 0 Å². The Morgan fingerprint density at radius 3 is 2.09 bits per heavy atom. The molecule has 1 N–H and O–H groups in total. The normalized spacial score (nSPS) is 17.2. The van der Waals surface area contributed by atoms with Crippen LogP contribution in [-0.2, 0) is 16.1 Å². The number of rotatable bonds is 9. The van der Waals surface area contributed by atoms with Crippen LogP contribution in [0.5, 0.6) is 5.75 Å². The van der Waals surface area contributed by atoms with E-state index >= 15 is 0 Å². The molecule has 1 aliphatic heterocycles.